The summed E-state index contributed by atoms with van der Waals surface area (Å²) in [5, 5.41) is 7.54. The van der Waals surface area contributed by atoms with Gasteiger partial charge >= 0.3 is 12.2 Å². The van der Waals surface area contributed by atoms with Crippen molar-refractivity contribution >= 4 is 23.6 Å². The van der Waals surface area contributed by atoms with Gasteiger partial charge < -0.3 is 9.47 Å². The molecule has 0 rings (SSSR count). The van der Waals surface area contributed by atoms with Crippen LogP contribution in [0.4, 0.5) is 9.59 Å². The Balaban J connectivity index is 4.44. The summed E-state index contributed by atoms with van der Waals surface area (Å²) in [6.45, 7) is 11.2. The largest absolute Gasteiger partial charge is 0.448 e. The van der Waals surface area contributed by atoms with Gasteiger partial charge in [-0.2, -0.15) is 10.2 Å². The fraction of sp³-hybridized carbons (Fsp3) is 0.733. The quantitative estimate of drug-likeness (QED) is 0.528. The molecule has 2 N–H and O–H groups in total. The Hall–Kier alpha value is -2.12. The van der Waals surface area contributed by atoms with Crippen molar-refractivity contribution in [2.24, 2.45) is 15.6 Å². The molecule has 0 aromatic rings. The van der Waals surface area contributed by atoms with Crippen molar-refractivity contribution in [1.82, 2.24) is 10.9 Å². The maximum absolute atomic E-state index is 11.5. The van der Waals surface area contributed by atoms with E-state index in [0.717, 1.165) is 12.8 Å². The molecule has 0 aliphatic rings. The Bertz CT molecular complexity index is 416. The van der Waals surface area contributed by atoms with E-state index in [4.69, 9.17) is 9.47 Å². The predicted octanol–water partition coefficient (Wildman–Crippen LogP) is 3.04. The van der Waals surface area contributed by atoms with Crippen LogP contribution >= 0.6 is 0 Å². The molecule has 0 spiro atoms. The summed E-state index contributed by atoms with van der Waals surface area (Å²) in [5.41, 5.74) is 5.52. The third-order valence-corrected chi connectivity index (χ3v) is 2.70. The average molecular weight is 328 g/mol. The average Bonchev–Trinajstić information content (AvgIpc) is 2.47. The highest BCUT2D eigenvalue weighted by Gasteiger charge is 2.27. The number of carbonyl (C=O) groups is 2. The number of carbonyl (C=O) groups excluding carboxylic acids is 2. The summed E-state index contributed by atoms with van der Waals surface area (Å²) < 4.78 is 10.3. The first-order chi connectivity index (χ1) is 10.7. The SMILES string of the molecule is CCCC(C)(COC(=O)NN=C(C)C)COC(=O)NN=C(C)C. The van der Waals surface area contributed by atoms with Crippen LogP contribution in [0.1, 0.15) is 54.4 Å². The number of hydrogen-bond donors (Lipinski definition) is 2. The highest BCUT2D eigenvalue weighted by atomic mass is 16.6. The highest BCUT2D eigenvalue weighted by Crippen LogP contribution is 2.24. The number of rotatable bonds is 8. The van der Waals surface area contributed by atoms with E-state index < -0.39 is 17.6 Å². The van der Waals surface area contributed by atoms with Crippen LogP contribution in [0, 0.1) is 5.41 Å². The Morgan fingerprint density at radius 1 is 0.913 bits per heavy atom. The van der Waals surface area contributed by atoms with Crippen molar-refractivity contribution < 1.29 is 19.1 Å². The molecule has 0 bridgehead atoms. The van der Waals surface area contributed by atoms with Crippen molar-refractivity contribution in [1.29, 1.82) is 0 Å². The molecule has 0 radical (unpaired) electrons. The molecule has 8 nitrogen and oxygen atoms in total. The Morgan fingerprint density at radius 3 is 1.61 bits per heavy atom. The van der Waals surface area contributed by atoms with Crippen molar-refractivity contribution in [2.75, 3.05) is 13.2 Å². The topological polar surface area (TPSA) is 101 Å². The molecule has 0 saturated carbocycles. The summed E-state index contributed by atoms with van der Waals surface area (Å²) in [5.74, 6) is 0. The summed E-state index contributed by atoms with van der Waals surface area (Å²) in [6.07, 6.45) is 0.332. The van der Waals surface area contributed by atoms with E-state index in [1.165, 1.54) is 0 Å². The second-order valence-electron chi connectivity index (χ2n) is 6.05. The van der Waals surface area contributed by atoms with Crippen LogP contribution in [0.5, 0.6) is 0 Å². The molecule has 0 aliphatic heterocycles. The second kappa shape index (κ2) is 10.6. The minimum atomic E-state index is -0.635. The van der Waals surface area contributed by atoms with Crippen LogP contribution in [-0.2, 0) is 9.47 Å². The van der Waals surface area contributed by atoms with E-state index in [2.05, 4.69) is 21.1 Å². The van der Waals surface area contributed by atoms with Gasteiger partial charge in [-0.05, 0) is 34.1 Å². The van der Waals surface area contributed by atoms with Gasteiger partial charge in [0.1, 0.15) is 13.2 Å². The van der Waals surface area contributed by atoms with Crippen LogP contribution < -0.4 is 10.9 Å². The van der Waals surface area contributed by atoms with Crippen LogP contribution in [-0.4, -0.2) is 36.8 Å². The number of nitrogens with one attached hydrogen (secondary N) is 2. The summed E-state index contributed by atoms with van der Waals surface area (Å²) in [4.78, 5) is 23.1. The van der Waals surface area contributed by atoms with Gasteiger partial charge in [0, 0.05) is 16.8 Å². The van der Waals surface area contributed by atoms with Crippen molar-refractivity contribution in [2.45, 2.75) is 54.4 Å². The van der Waals surface area contributed by atoms with Crippen molar-refractivity contribution in [3.05, 3.63) is 0 Å². The van der Waals surface area contributed by atoms with Crippen molar-refractivity contribution in [3.8, 4) is 0 Å². The maximum atomic E-state index is 11.5. The van der Waals surface area contributed by atoms with E-state index in [1.807, 2.05) is 13.8 Å². The highest BCUT2D eigenvalue weighted by molar-refractivity contribution is 5.81. The van der Waals surface area contributed by atoms with Crippen LogP contribution in [0.25, 0.3) is 0 Å². The molecule has 0 atom stereocenters. The number of hydrogen-bond acceptors (Lipinski definition) is 6. The molecular weight excluding hydrogens is 300 g/mol. The first-order valence-electron chi connectivity index (χ1n) is 7.56. The third-order valence-electron chi connectivity index (χ3n) is 2.70. The number of nitrogens with zero attached hydrogens (tertiary/aromatic N) is 2. The lowest BCUT2D eigenvalue weighted by atomic mass is 9.87. The van der Waals surface area contributed by atoms with E-state index in [9.17, 15) is 9.59 Å². The van der Waals surface area contributed by atoms with Crippen LogP contribution in [0.2, 0.25) is 0 Å². The molecule has 0 saturated heterocycles. The van der Waals surface area contributed by atoms with Gasteiger partial charge in [0.2, 0.25) is 0 Å². The van der Waals surface area contributed by atoms with Gasteiger partial charge in [-0.3, -0.25) is 0 Å². The molecule has 0 aromatic heterocycles. The zero-order valence-electron chi connectivity index (χ0n) is 14.9. The zero-order valence-corrected chi connectivity index (χ0v) is 14.9. The predicted molar refractivity (Wildman–Crippen MR) is 89.5 cm³/mol. The molecule has 132 valence electrons. The van der Waals surface area contributed by atoms with Gasteiger partial charge in [-0.1, -0.05) is 20.3 Å². The first-order valence-corrected chi connectivity index (χ1v) is 7.56. The minimum Gasteiger partial charge on any atom is -0.448 e. The third kappa shape index (κ3) is 11.1. The van der Waals surface area contributed by atoms with Gasteiger partial charge in [-0.25, -0.2) is 20.4 Å². The zero-order chi connectivity index (χ0) is 17.9. The Morgan fingerprint density at radius 2 is 1.30 bits per heavy atom. The molecule has 0 fully saturated rings. The number of hydrazone groups is 2. The minimum absolute atomic E-state index is 0.119. The lowest BCUT2D eigenvalue weighted by molar-refractivity contribution is 0.0313. The van der Waals surface area contributed by atoms with Crippen LogP contribution in [0.3, 0.4) is 0 Å². The first kappa shape index (κ1) is 20.9. The molecular formula is C15H28N4O4. The van der Waals surface area contributed by atoms with E-state index in [0.29, 0.717) is 11.4 Å². The Kier molecular flexibility index (Phi) is 9.60. The normalized spacial score (nSPS) is 10.3. The molecule has 0 heterocycles. The Labute approximate surface area is 137 Å². The van der Waals surface area contributed by atoms with E-state index in [1.54, 1.807) is 27.7 Å². The van der Waals surface area contributed by atoms with Crippen LogP contribution in [0.15, 0.2) is 10.2 Å². The summed E-state index contributed by atoms with van der Waals surface area (Å²) in [6, 6.07) is 0. The standard InChI is InChI=1S/C15H28N4O4/c1-7-8-15(6,9-22-13(20)18-16-11(2)3)10-23-14(21)19-17-12(4)5/h7-10H2,1-6H3,(H,18,20)(H,19,21). The lowest BCUT2D eigenvalue weighted by Crippen LogP contribution is -2.35. The monoisotopic (exact) mass is 328 g/mol. The number of ether oxygens (including phenoxy) is 2. The maximum Gasteiger partial charge on any atom is 0.427 e. The molecule has 0 aromatic carbocycles. The van der Waals surface area contributed by atoms with Gasteiger partial charge in [0.05, 0.1) is 0 Å². The van der Waals surface area contributed by atoms with Gasteiger partial charge in [0.15, 0.2) is 0 Å². The number of amides is 2. The van der Waals surface area contributed by atoms with Gasteiger partial charge in [-0.15, -0.1) is 0 Å². The molecule has 23 heavy (non-hydrogen) atoms. The molecule has 2 amide bonds. The fourth-order valence-electron chi connectivity index (χ4n) is 1.65. The summed E-state index contributed by atoms with van der Waals surface area (Å²) >= 11 is 0. The molecule has 8 heteroatoms. The summed E-state index contributed by atoms with van der Waals surface area (Å²) in [7, 11) is 0. The second-order valence-corrected chi connectivity index (χ2v) is 6.05. The van der Waals surface area contributed by atoms with E-state index >= 15 is 0 Å². The molecule has 0 aliphatic carbocycles. The smallest absolute Gasteiger partial charge is 0.427 e. The van der Waals surface area contributed by atoms with Crippen molar-refractivity contribution in [3.63, 3.8) is 0 Å². The lowest BCUT2D eigenvalue weighted by Gasteiger charge is -2.27. The fourth-order valence-corrected chi connectivity index (χ4v) is 1.65. The van der Waals surface area contributed by atoms with E-state index in [-0.39, 0.29) is 13.2 Å². The molecule has 0 unspecified atom stereocenters. The van der Waals surface area contributed by atoms with Gasteiger partial charge in [0.25, 0.3) is 0 Å².